The summed E-state index contributed by atoms with van der Waals surface area (Å²) in [5, 5.41) is 2.43. The molecule has 178 valence electrons. The predicted molar refractivity (Wildman–Crippen MR) is 105 cm³/mol. The van der Waals surface area contributed by atoms with Crippen LogP contribution < -0.4 is 20.5 Å². The third-order valence-corrected chi connectivity index (χ3v) is 5.57. The van der Waals surface area contributed by atoms with Crippen LogP contribution in [-0.2, 0) is 11.0 Å². The summed E-state index contributed by atoms with van der Waals surface area (Å²) in [6, 6.07) is 2.22. The Labute approximate surface area is 185 Å². The van der Waals surface area contributed by atoms with Gasteiger partial charge in [-0.3, -0.25) is 9.59 Å². The number of hydrogen-bond donors (Lipinski definition) is 2. The number of methoxy groups -OCH3 is 1. The van der Waals surface area contributed by atoms with Crippen molar-refractivity contribution in [2.45, 2.75) is 31.9 Å². The van der Waals surface area contributed by atoms with Gasteiger partial charge in [-0.05, 0) is 37.5 Å². The second-order valence-corrected chi connectivity index (χ2v) is 7.57. The van der Waals surface area contributed by atoms with Crippen LogP contribution in [0.1, 0.15) is 41.6 Å². The van der Waals surface area contributed by atoms with E-state index in [9.17, 15) is 31.5 Å². The molecule has 1 aliphatic carbocycles. The van der Waals surface area contributed by atoms with E-state index in [1.165, 1.54) is 0 Å². The molecule has 1 heterocycles. The van der Waals surface area contributed by atoms with Gasteiger partial charge in [0.1, 0.15) is 5.56 Å². The van der Waals surface area contributed by atoms with Crippen LogP contribution in [0.25, 0.3) is 0 Å². The summed E-state index contributed by atoms with van der Waals surface area (Å²) in [7, 11) is 1.04. The highest BCUT2D eigenvalue weighted by Crippen LogP contribution is 2.43. The number of hydrogen-bond acceptors (Lipinski definition) is 5. The summed E-state index contributed by atoms with van der Waals surface area (Å²) in [5.41, 5.74) is 2.84. The molecule has 1 aliphatic rings. The van der Waals surface area contributed by atoms with Gasteiger partial charge in [0.2, 0.25) is 23.4 Å². The van der Waals surface area contributed by atoms with Gasteiger partial charge in [-0.25, -0.2) is 9.37 Å². The van der Waals surface area contributed by atoms with E-state index in [1.807, 2.05) is 0 Å². The number of carbonyl (C=O) groups excluding carboxylic acids is 2. The Morgan fingerprint density at radius 2 is 1.94 bits per heavy atom. The molecule has 0 radical (unpaired) electrons. The Morgan fingerprint density at radius 1 is 1.24 bits per heavy atom. The zero-order valence-electron chi connectivity index (χ0n) is 17.4. The average molecular weight is 473 g/mol. The summed E-state index contributed by atoms with van der Waals surface area (Å²) >= 11 is 0. The van der Waals surface area contributed by atoms with Gasteiger partial charge in [0.25, 0.3) is 5.91 Å². The number of carbonyl (C=O) groups is 2. The fourth-order valence-corrected chi connectivity index (χ4v) is 3.47. The number of aromatic nitrogens is 1. The SMILES string of the molecule is COc1c(Oc2ncc(C(F)(F)F)cc2C(=O)NCCC2(C(N)=O)CCC2)ccc(F)c1F. The van der Waals surface area contributed by atoms with Crippen molar-refractivity contribution >= 4 is 11.8 Å². The third kappa shape index (κ3) is 4.99. The number of nitrogens with two attached hydrogens (primary N) is 1. The molecule has 7 nitrogen and oxygen atoms in total. The van der Waals surface area contributed by atoms with Crippen LogP contribution in [0.3, 0.4) is 0 Å². The van der Waals surface area contributed by atoms with Crippen molar-refractivity contribution < 1.29 is 41.0 Å². The molecule has 1 saturated carbocycles. The zero-order chi connectivity index (χ0) is 24.4. The second-order valence-electron chi connectivity index (χ2n) is 7.57. The van der Waals surface area contributed by atoms with Crippen LogP contribution in [0.5, 0.6) is 17.4 Å². The van der Waals surface area contributed by atoms with Crippen LogP contribution in [0.15, 0.2) is 24.4 Å². The zero-order valence-corrected chi connectivity index (χ0v) is 17.4. The van der Waals surface area contributed by atoms with Gasteiger partial charge in [-0.1, -0.05) is 6.42 Å². The van der Waals surface area contributed by atoms with Crippen molar-refractivity contribution in [2.24, 2.45) is 11.1 Å². The van der Waals surface area contributed by atoms with E-state index in [-0.39, 0.29) is 13.0 Å². The molecular weight excluding hydrogens is 453 g/mol. The standard InChI is InChI=1S/C21H20F5N3O4/c1-32-16-14(4-3-13(22)15(16)23)33-18-12(9-11(10-29-18)21(24,25)26)17(30)28-8-7-20(19(27)31)5-2-6-20/h3-4,9-10H,2,5-8H2,1H3,(H2,27,31)(H,28,30). The molecule has 33 heavy (non-hydrogen) atoms. The van der Waals surface area contributed by atoms with Gasteiger partial charge >= 0.3 is 6.18 Å². The topological polar surface area (TPSA) is 104 Å². The van der Waals surface area contributed by atoms with Crippen LogP contribution in [0, 0.1) is 17.0 Å². The lowest BCUT2D eigenvalue weighted by atomic mass is 9.66. The number of pyridine rings is 1. The molecule has 0 aliphatic heterocycles. The minimum atomic E-state index is -4.80. The fourth-order valence-electron chi connectivity index (χ4n) is 3.47. The summed E-state index contributed by atoms with van der Waals surface area (Å²) in [5.74, 6) is -5.74. The number of rotatable bonds is 8. The maximum absolute atomic E-state index is 14.0. The number of primary amides is 1. The van der Waals surface area contributed by atoms with Crippen molar-refractivity contribution in [3.63, 3.8) is 0 Å². The van der Waals surface area contributed by atoms with Gasteiger partial charge in [-0.15, -0.1) is 0 Å². The normalized spacial score (nSPS) is 14.8. The van der Waals surface area contributed by atoms with Crippen molar-refractivity contribution in [1.82, 2.24) is 10.3 Å². The van der Waals surface area contributed by atoms with Crippen molar-refractivity contribution in [2.75, 3.05) is 13.7 Å². The predicted octanol–water partition coefficient (Wildman–Crippen LogP) is 3.96. The average Bonchev–Trinajstić information content (AvgIpc) is 2.72. The Balaban J connectivity index is 1.88. The van der Waals surface area contributed by atoms with Gasteiger partial charge < -0.3 is 20.5 Å². The molecule has 0 atom stereocenters. The first kappa shape index (κ1) is 24.2. The fraction of sp³-hybridized carbons (Fsp3) is 0.381. The third-order valence-electron chi connectivity index (χ3n) is 5.57. The number of nitrogens with one attached hydrogen (secondary N) is 1. The monoisotopic (exact) mass is 473 g/mol. The van der Waals surface area contributed by atoms with Gasteiger partial charge in [0.05, 0.1) is 18.1 Å². The summed E-state index contributed by atoms with van der Waals surface area (Å²) in [6.07, 6.45) is -2.21. The van der Waals surface area contributed by atoms with E-state index in [0.717, 1.165) is 25.7 Å². The van der Waals surface area contributed by atoms with E-state index >= 15 is 0 Å². The van der Waals surface area contributed by atoms with E-state index in [2.05, 4.69) is 10.3 Å². The van der Waals surface area contributed by atoms with E-state index in [1.54, 1.807) is 0 Å². The minimum Gasteiger partial charge on any atom is -0.490 e. The maximum atomic E-state index is 14.0. The van der Waals surface area contributed by atoms with Gasteiger partial charge in [-0.2, -0.15) is 17.6 Å². The number of nitrogens with zero attached hydrogens (tertiary/aromatic N) is 1. The summed E-state index contributed by atoms with van der Waals surface area (Å²) in [4.78, 5) is 27.9. The second kappa shape index (κ2) is 9.20. The highest BCUT2D eigenvalue weighted by molar-refractivity contribution is 5.96. The Morgan fingerprint density at radius 3 is 2.48 bits per heavy atom. The first-order chi connectivity index (χ1) is 15.5. The van der Waals surface area contributed by atoms with Gasteiger partial charge in [0.15, 0.2) is 11.6 Å². The quantitative estimate of drug-likeness (QED) is 0.565. The lowest BCUT2D eigenvalue weighted by molar-refractivity contribution is -0.138. The Kier molecular flexibility index (Phi) is 6.75. The minimum absolute atomic E-state index is 0.0358. The molecule has 3 rings (SSSR count). The molecule has 0 bridgehead atoms. The lowest BCUT2D eigenvalue weighted by Gasteiger charge is -2.38. The van der Waals surface area contributed by atoms with Crippen LogP contribution in [0.2, 0.25) is 0 Å². The first-order valence-corrected chi connectivity index (χ1v) is 9.84. The number of halogens is 5. The molecule has 12 heteroatoms. The highest BCUT2D eigenvalue weighted by Gasteiger charge is 2.42. The first-order valence-electron chi connectivity index (χ1n) is 9.84. The molecule has 3 N–H and O–H groups in total. The van der Waals surface area contributed by atoms with Gasteiger partial charge in [0, 0.05) is 12.7 Å². The largest absolute Gasteiger partial charge is 0.490 e. The number of benzene rings is 1. The van der Waals surface area contributed by atoms with E-state index in [0.29, 0.717) is 25.1 Å². The lowest BCUT2D eigenvalue weighted by Crippen LogP contribution is -2.45. The molecule has 0 saturated heterocycles. The smallest absolute Gasteiger partial charge is 0.417 e. The molecule has 1 aromatic heterocycles. The molecular formula is C21H20F5N3O4. The van der Waals surface area contributed by atoms with E-state index in [4.69, 9.17) is 15.2 Å². The number of amides is 2. The Bertz CT molecular complexity index is 1070. The molecule has 0 spiro atoms. The molecule has 0 unspecified atom stereocenters. The van der Waals surface area contributed by atoms with Crippen molar-refractivity contribution in [3.8, 4) is 17.4 Å². The molecule has 2 amide bonds. The van der Waals surface area contributed by atoms with Crippen LogP contribution in [0.4, 0.5) is 22.0 Å². The number of ether oxygens (including phenoxy) is 2. The highest BCUT2D eigenvalue weighted by atomic mass is 19.4. The van der Waals surface area contributed by atoms with Crippen LogP contribution >= 0.6 is 0 Å². The maximum Gasteiger partial charge on any atom is 0.417 e. The summed E-state index contributed by atoms with van der Waals surface area (Å²) in [6.45, 7) is -0.0358. The molecule has 1 aromatic carbocycles. The summed E-state index contributed by atoms with van der Waals surface area (Å²) < 4.78 is 77.0. The van der Waals surface area contributed by atoms with E-state index < -0.39 is 63.5 Å². The molecule has 1 fully saturated rings. The number of alkyl halides is 3. The molecule has 2 aromatic rings. The van der Waals surface area contributed by atoms with Crippen LogP contribution in [-0.4, -0.2) is 30.5 Å². The van der Waals surface area contributed by atoms with Crippen molar-refractivity contribution in [3.05, 3.63) is 47.2 Å². The Hall–Kier alpha value is -3.44. The van der Waals surface area contributed by atoms with Crippen molar-refractivity contribution in [1.29, 1.82) is 0 Å².